The van der Waals surface area contributed by atoms with Crippen LogP contribution in [0.4, 0.5) is 13.2 Å². The molecule has 0 saturated carbocycles. The summed E-state index contributed by atoms with van der Waals surface area (Å²) in [5.41, 5.74) is -0.112. The minimum atomic E-state index is -4.90. The predicted molar refractivity (Wildman–Crippen MR) is 50.9 cm³/mol. The molecule has 1 aromatic heterocycles. The Morgan fingerprint density at radius 2 is 2.00 bits per heavy atom. The van der Waals surface area contributed by atoms with Crippen LogP contribution in [0, 0.1) is 0 Å². The number of amides is 1. The zero-order valence-electron chi connectivity index (χ0n) is 8.89. The molecule has 0 spiro atoms. The minimum absolute atomic E-state index is 0.112. The Hall–Kier alpha value is -2.06. The topological polar surface area (TPSA) is 75.4 Å². The van der Waals surface area contributed by atoms with E-state index in [4.69, 9.17) is 5.11 Å². The van der Waals surface area contributed by atoms with Gasteiger partial charge in [-0.3, -0.25) is 9.48 Å². The number of aromatic carboxylic acids is 1. The highest BCUT2D eigenvalue weighted by Gasteiger charge is 2.47. The highest BCUT2D eigenvalue weighted by Crippen LogP contribution is 2.27. The zero-order chi connectivity index (χ0) is 13.5. The van der Waals surface area contributed by atoms with Crippen molar-refractivity contribution in [1.29, 1.82) is 0 Å². The van der Waals surface area contributed by atoms with Crippen LogP contribution in [0.15, 0.2) is 12.3 Å². The number of rotatable bonds is 2. The van der Waals surface area contributed by atoms with Crippen LogP contribution in [0.3, 0.4) is 0 Å². The standard InChI is InChI=1S/C9H8F3N3O3/c10-9(11,12)8(18)14-3-5(4-14)15-6(7(16)17)1-2-13-15/h1-2,5H,3-4H2,(H,16,17). The van der Waals surface area contributed by atoms with Gasteiger partial charge in [-0.2, -0.15) is 18.3 Å². The lowest BCUT2D eigenvalue weighted by atomic mass is 10.1. The minimum Gasteiger partial charge on any atom is -0.477 e. The van der Waals surface area contributed by atoms with Gasteiger partial charge < -0.3 is 10.0 Å². The normalized spacial score (nSPS) is 16.5. The van der Waals surface area contributed by atoms with E-state index < -0.39 is 24.1 Å². The van der Waals surface area contributed by atoms with Crippen LogP contribution in [0.5, 0.6) is 0 Å². The summed E-state index contributed by atoms with van der Waals surface area (Å²) in [6, 6.07) is 0.716. The molecule has 1 fully saturated rings. The van der Waals surface area contributed by atoms with Gasteiger partial charge >= 0.3 is 18.1 Å². The maximum Gasteiger partial charge on any atom is 0.471 e. The number of carbonyl (C=O) groups is 2. The number of carbonyl (C=O) groups excluding carboxylic acids is 1. The molecule has 0 aromatic carbocycles. The van der Waals surface area contributed by atoms with Crippen LogP contribution >= 0.6 is 0 Å². The number of alkyl halides is 3. The molecule has 1 N–H and O–H groups in total. The Morgan fingerprint density at radius 1 is 1.39 bits per heavy atom. The number of hydrogen-bond donors (Lipinski definition) is 1. The van der Waals surface area contributed by atoms with Crippen molar-refractivity contribution in [3.8, 4) is 0 Å². The molecule has 2 heterocycles. The van der Waals surface area contributed by atoms with E-state index in [-0.39, 0.29) is 18.8 Å². The Labute approximate surface area is 98.6 Å². The number of halogens is 3. The van der Waals surface area contributed by atoms with Crippen LogP contribution in [0.25, 0.3) is 0 Å². The summed E-state index contributed by atoms with van der Waals surface area (Å²) in [5, 5.41) is 12.5. The van der Waals surface area contributed by atoms with Crippen LogP contribution in [0.2, 0.25) is 0 Å². The smallest absolute Gasteiger partial charge is 0.471 e. The Bertz CT molecular complexity index is 491. The van der Waals surface area contributed by atoms with Gasteiger partial charge in [-0.25, -0.2) is 4.79 Å². The van der Waals surface area contributed by atoms with Gasteiger partial charge in [-0.05, 0) is 6.07 Å². The van der Waals surface area contributed by atoms with E-state index in [0.717, 1.165) is 4.68 Å². The van der Waals surface area contributed by atoms with Crippen LogP contribution in [-0.4, -0.2) is 50.9 Å². The van der Waals surface area contributed by atoms with Gasteiger partial charge in [0.25, 0.3) is 0 Å². The molecule has 1 aliphatic rings. The fourth-order valence-corrected chi connectivity index (χ4v) is 1.73. The van der Waals surface area contributed by atoms with Gasteiger partial charge in [-0.15, -0.1) is 0 Å². The van der Waals surface area contributed by atoms with Crippen molar-refractivity contribution in [2.75, 3.05) is 13.1 Å². The average Bonchev–Trinajstić information content (AvgIpc) is 2.62. The summed E-state index contributed by atoms with van der Waals surface area (Å²) in [6.07, 6.45) is -3.65. The highest BCUT2D eigenvalue weighted by atomic mass is 19.4. The first-order valence-corrected chi connectivity index (χ1v) is 4.93. The third-order valence-electron chi connectivity index (χ3n) is 2.63. The van der Waals surface area contributed by atoms with Crippen LogP contribution in [-0.2, 0) is 4.79 Å². The van der Waals surface area contributed by atoms with Gasteiger partial charge in [0, 0.05) is 19.3 Å². The SMILES string of the molecule is O=C(O)c1ccnn1C1CN(C(=O)C(F)(F)F)C1. The summed E-state index contributed by atoms with van der Waals surface area (Å²) in [7, 11) is 0. The van der Waals surface area contributed by atoms with Crippen molar-refractivity contribution in [3.05, 3.63) is 18.0 Å². The van der Waals surface area contributed by atoms with E-state index in [1.807, 2.05) is 0 Å². The van der Waals surface area contributed by atoms with Crippen LogP contribution in [0.1, 0.15) is 16.5 Å². The summed E-state index contributed by atoms with van der Waals surface area (Å²) >= 11 is 0. The number of likely N-dealkylation sites (tertiary alicyclic amines) is 1. The third kappa shape index (κ3) is 2.03. The fraction of sp³-hybridized carbons (Fsp3) is 0.444. The molecule has 98 valence electrons. The van der Waals surface area contributed by atoms with Gasteiger partial charge in [0.2, 0.25) is 0 Å². The van der Waals surface area contributed by atoms with Gasteiger partial charge in [0.15, 0.2) is 0 Å². The van der Waals surface area contributed by atoms with Crippen LogP contribution < -0.4 is 0 Å². The second kappa shape index (κ2) is 4.00. The number of nitrogens with zero attached hydrogens (tertiary/aromatic N) is 3. The molecular formula is C9H8F3N3O3. The maximum atomic E-state index is 12.1. The summed E-state index contributed by atoms with van der Waals surface area (Å²) in [6.45, 7) is -0.388. The first-order valence-electron chi connectivity index (χ1n) is 4.93. The van der Waals surface area contributed by atoms with Crippen molar-refractivity contribution >= 4 is 11.9 Å². The molecule has 0 unspecified atom stereocenters. The van der Waals surface area contributed by atoms with Gasteiger partial charge in [0.1, 0.15) is 5.69 Å². The van der Waals surface area contributed by atoms with E-state index in [1.165, 1.54) is 12.3 Å². The molecule has 0 aliphatic carbocycles. The quantitative estimate of drug-likeness (QED) is 0.844. The second-order valence-electron chi connectivity index (χ2n) is 3.83. The zero-order valence-corrected chi connectivity index (χ0v) is 8.89. The monoisotopic (exact) mass is 263 g/mol. The summed E-state index contributed by atoms with van der Waals surface area (Å²) < 4.78 is 37.4. The van der Waals surface area contributed by atoms with Gasteiger partial charge in [0.05, 0.1) is 6.04 Å². The first-order chi connectivity index (χ1) is 8.30. The molecule has 6 nitrogen and oxygen atoms in total. The van der Waals surface area contributed by atoms with E-state index in [1.54, 1.807) is 0 Å². The average molecular weight is 263 g/mol. The van der Waals surface area contributed by atoms with Crippen molar-refractivity contribution < 1.29 is 27.9 Å². The fourth-order valence-electron chi connectivity index (χ4n) is 1.73. The van der Waals surface area contributed by atoms with Gasteiger partial charge in [-0.1, -0.05) is 0 Å². The lowest BCUT2D eigenvalue weighted by Gasteiger charge is -2.39. The molecule has 9 heteroatoms. The molecule has 18 heavy (non-hydrogen) atoms. The lowest BCUT2D eigenvalue weighted by molar-refractivity contribution is -0.191. The molecule has 0 bridgehead atoms. The molecule has 2 rings (SSSR count). The third-order valence-corrected chi connectivity index (χ3v) is 2.63. The first kappa shape index (κ1) is 12.4. The van der Waals surface area contributed by atoms with E-state index in [2.05, 4.69) is 5.10 Å². The molecular weight excluding hydrogens is 255 g/mol. The van der Waals surface area contributed by atoms with E-state index in [0.29, 0.717) is 4.90 Å². The Kier molecular flexibility index (Phi) is 2.76. The molecule has 1 amide bonds. The molecule has 1 saturated heterocycles. The van der Waals surface area contributed by atoms with Crippen molar-refractivity contribution in [1.82, 2.24) is 14.7 Å². The largest absolute Gasteiger partial charge is 0.477 e. The number of carboxylic acids is 1. The summed E-state index contributed by atoms with van der Waals surface area (Å²) in [4.78, 5) is 22.2. The second-order valence-corrected chi connectivity index (χ2v) is 3.83. The molecule has 1 aromatic rings. The molecule has 1 aliphatic heterocycles. The lowest BCUT2D eigenvalue weighted by Crippen LogP contribution is -2.55. The number of hydrogen-bond acceptors (Lipinski definition) is 3. The number of carboxylic acid groups (broad SMARTS) is 1. The van der Waals surface area contributed by atoms with Crippen molar-refractivity contribution in [3.63, 3.8) is 0 Å². The molecule has 0 radical (unpaired) electrons. The predicted octanol–water partition coefficient (Wildman–Crippen LogP) is 0.527. The maximum absolute atomic E-state index is 12.1. The number of aromatic nitrogens is 2. The van der Waals surface area contributed by atoms with E-state index >= 15 is 0 Å². The molecule has 0 atom stereocenters. The highest BCUT2D eigenvalue weighted by molar-refractivity contribution is 5.86. The Morgan fingerprint density at radius 3 is 2.50 bits per heavy atom. The van der Waals surface area contributed by atoms with Crippen molar-refractivity contribution in [2.24, 2.45) is 0 Å². The summed E-state index contributed by atoms with van der Waals surface area (Å²) in [5.74, 6) is -3.13. The Balaban J connectivity index is 2.03. The van der Waals surface area contributed by atoms with Crippen molar-refractivity contribution in [2.45, 2.75) is 12.2 Å². The van der Waals surface area contributed by atoms with E-state index in [9.17, 15) is 22.8 Å².